The van der Waals surface area contributed by atoms with Gasteiger partial charge in [-0.05, 0) is 24.3 Å². The van der Waals surface area contributed by atoms with Gasteiger partial charge < -0.3 is 10.9 Å². The van der Waals surface area contributed by atoms with Crippen molar-refractivity contribution in [1.82, 2.24) is 0 Å². The molecule has 108 valence electrons. The fourth-order valence-electron chi connectivity index (χ4n) is 1.61. The van der Waals surface area contributed by atoms with Gasteiger partial charge in [0, 0.05) is 16.5 Å². The van der Waals surface area contributed by atoms with Gasteiger partial charge >= 0.3 is 0 Å². The molecule has 0 aliphatic heterocycles. The summed E-state index contributed by atoms with van der Waals surface area (Å²) >= 11 is 7.31. The van der Waals surface area contributed by atoms with Crippen LogP contribution in [-0.2, 0) is 0 Å². The van der Waals surface area contributed by atoms with Crippen LogP contribution >= 0.6 is 23.4 Å². The van der Waals surface area contributed by atoms with Crippen LogP contribution in [0.5, 0.6) is 0 Å². The Hall–Kier alpha value is -2.25. The van der Waals surface area contributed by atoms with E-state index in [1.54, 1.807) is 30.3 Å². The van der Waals surface area contributed by atoms with Crippen molar-refractivity contribution in [2.75, 3.05) is 0 Å². The van der Waals surface area contributed by atoms with Crippen molar-refractivity contribution < 1.29 is 10.1 Å². The molecule has 0 unspecified atom stereocenters. The number of para-hydroxylation sites is 1. The second kappa shape index (κ2) is 6.47. The molecule has 0 aliphatic carbocycles. The first-order valence-corrected chi connectivity index (χ1v) is 6.91. The van der Waals surface area contributed by atoms with Gasteiger partial charge in [0.25, 0.3) is 5.69 Å². The van der Waals surface area contributed by atoms with E-state index in [4.69, 9.17) is 22.5 Å². The van der Waals surface area contributed by atoms with Crippen LogP contribution in [0, 0.1) is 10.1 Å². The minimum atomic E-state index is -0.443. The number of nitro groups is 1. The van der Waals surface area contributed by atoms with Gasteiger partial charge in [-0.1, -0.05) is 40.7 Å². The maximum absolute atomic E-state index is 11.0. The molecule has 2 rings (SSSR count). The third-order valence-corrected chi connectivity index (χ3v) is 4.18. The molecule has 0 spiro atoms. The van der Waals surface area contributed by atoms with E-state index in [9.17, 15) is 10.1 Å². The maximum Gasteiger partial charge on any atom is 0.283 e. The van der Waals surface area contributed by atoms with E-state index < -0.39 is 4.92 Å². The second-order valence-corrected chi connectivity index (χ2v) is 5.45. The summed E-state index contributed by atoms with van der Waals surface area (Å²) in [5, 5.41) is 22.9. The number of oxime groups is 1. The van der Waals surface area contributed by atoms with Gasteiger partial charge in [0.2, 0.25) is 0 Å². The lowest BCUT2D eigenvalue weighted by Crippen LogP contribution is -2.12. The van der Waals surface area contributed by atoms with Crippen LogP contribution in [-0.4, -0.2) is 16.0 Å². The molecule has 0 fully saturated rings. The van der Waals surface area contributed by atoms with E-state index in [0.29, 0.717) is 20.4 Å². The summed E-state index contributed by atoms with van der Waals surface area (Å²) in [6, 6.07) is 11.2. The number of hydrogen-bond acceptors (Lipinski definition) is 5. The second-order valence-electron chi connectivity index (χ2n) is 3.96. The van der Waals surface area contributed by atoms with Crippen LogP contribution in [0.4, 0.5) is 5.69 Å². The van der Waals surface area contributed by atoms with Crippen molar-refractivity contribution in [2.45, 2.75) is 9.79 Å². The zero-order chi connectivity index (χ0) is 15.4. The summed E-state index contributed by atoms with van der Waals surface area (Å²) < 4.78 is 0. The molecule has 0 aromatic heterocycles. The minimum Gasteiger partial charge on any atom is -0.409 e. The fourth-order valence-corrected chi connectivity index (χ4v) is 2.83. The summed E-state index contributed by atoms with van der Waals surface area (Å²) in [6.45, 7) is 0. The third-order valence-electron chi connectivity index (χ3n) is 2.62. The van der Waals surface area contributed by atoms with E-state index in [-0.39, 0.29) is 11.5 Å². The quantitative estimate of drug-likeness (QED) is 0.295. The lowest BCUT2D eigenvalue weighted by Gasteiger charge is -2.06. The molecule has 8 heteroatoms. The Morgan fingerprint density at radius 3 is 2.62 bits per heavy atom. The van der Waals surface area contributed by atoms with Gasteiger partial charge in [-0.15, -0.1) is 0 Å². The molecule has 21 heavy (non-hydrogen) atoms. The van der Waals surface area contributed by atoms with Crippen molar-refractivity contribution in [2.24, 2.45) is 10.9 Å². The van der Waals surface area contributed by atoms with Gasteiger partial charge in [0.1, 0.15) is 0 Å². The van der Waals surface area contributed by atoms with Crippen molar-refractivity contribution >= 4 is 34.9 Å². The fraction of sp³-hybridized carbons (Fsp3) is 0. The Morgan fingerprint density at radius 2 is 2.00 bits per heavy atom. The van der Waals surface area contributed by atoms with E-state index in [2.05, 4.69) is 5.16 Å². The minimum absolute atomic E-state index is 0.0130. The Labute approximate surface area is 129 Å². The van der Waals surface area contributed by atoms with E-state index in [1.807, 2.05) is 0 Å². The predicted octanol–water partition coefficient (Wildman–Crippen LogP) is 3.49. The van der Waals surface area contributed by atoms with Crippen molar-refractivity contribution in [3.8, 4) is 0 Å². The number of nitrogens with zero attached hydrogens (tertiary/aromatic N) is 2. The largest absolute Gasteiger partial charge is 0.409 e. The average molecular weight is 324 g/mol. The van der Waals surface area contributed by atoms with Crippen LogP contribution in [0.1, 0.15) is 5.56 Å². The van der Waals surface area contributed by atoms with E-state index in [0.717, 1.165) is 0 Å². The molecule has 3 N–H and O–H groups in total. The Balaban J connectivity index is 2.35. The summed E-state index contributed by atoms with van der Waals surface area (Å²) in [6.07, 6.45) is 0. The normalized spacial score (nSPS) is 11.4. The van der Waals surface area contributed by atoms with E-state index in [1.165, 1.54) is 23.9 Å². The first kappa shape index (κ1) is 15.1. The summed E-state index contributed by atoms with van der Waals surface area (Å²) in [5.74, 6) is -0.0564. The highest BCUT2D eigenvalue weighted by atomic mass is 35.5. The van der Waals surface area contributed by atoms with E-state index >= 15 is 0 Å². The Kier molecular flexibility index (Phi) is 4.66. The number of benzene rings is 2. The monoisotopic (exact) mass is 323 g/mol. The van der Waals surface area contributed by atoms with Crippen LogP contribution in [0.3, 0.4) is 0 Å². The lowest BCUT2D eigenvalue weighted by molar-refractivity contribution is -0.387. The summed E-state index contributed by atoms with van der Waals surface area (Å²) in [5.41, 5.74) is 5.95. The van der Waals surface area contributed by atoms with Crippen LogP contribution in [0.15, 0.2) is 57.4 Å². The van der Waals surface area contributed by atoms with Gasteiger partial charge in [-0.2, -0.15) is 0 Å². The highest BCUT2D eigenvalue weighted by Crippen LogP contribution is 2.38. The van der Waals surface area contributed by atoms with Crippen LogP contribution in [0.25, 0.3) is 0 Å². The molecule has 0 radical (unpaired) electrons. The molecule has 0 atom stereocenters. The molecule has 6 nitrogen and oxygen atoms in total. The first-order chi connectivity index (χ1) is 10.0. The number of amidine groups is 1. The summed E-state index contributed by atoms with van der Waals surface area (Å²) in [4.78, 5) is 11.7. The SMILES string of the molecule is NC(=NO)c1ccc(Sc2ccccc2[N+](=O)[O-])c(Cl)c1. The molecule has 0 saturated heterocycles. The molecule has 2 aromatic rings. The Bertz CT molecular complexity index is 722. The molecule has 0 aliphatic rings. The molecular formula is C13H10ClN3O3S. The van der Waals surface area contributed by atoms with Crippen LogP contribution < -0.4 is 5.73 Å². The van der Waals surface area contributed by atoms with Gasteiger partial charge in [0.05, 0.1) is 14.8 Å². The zero-order valence-electron chi connectivity index (χ0n) is 10.6. The maximum atomic E-state index is 11.0. The van der Waals surface area contributed by atoms with Crippen molar-refractivity contribution in [3.05, 3.63) is 63.2 Å². The number of hydrogen-bond donors (Lipinski definition) is 2. The highest BCUT2D eigenvalue weighted by molar-refractivity contribution is 7.99. The molecule has 0 bridgehead atoms. The van der Waals surface area contributed by atoms with Crippen molar-refractivity contribution in [1.29, 1.82) is 0 Å². The number of halogens is 1. The number of rotatable bonds is 4. The zero-order valence-corrected chi connectivity index (χ0v) is 12.1. The smallest absolute Gasteiger partial charge is 0.283 e. The molecule has 0 saturated carbocycles. The van der Waals surface area contributed by atoms with Gasteiger partial charge in [-0.3, -0.25) is 10.1 Å². The average Bonchev–Trinajstić information content (AvgIpc) is 2.48. The predicted molar refractivity (Wildman–Crippen MR) is 81.2 cm³/mol. The Morgan fingerprint density at radius 1 is 1.29 bits per heavy atom. The lowest BCUT2D eigenvalue weighted by atomic mass is 10.2. The number of nitro benzene ring substituents is 1. The first-order valence-electron chi connectivity index (χ1n) is 5.71. The summed E-state index contributed by atoms with van der Waals surface area (Å²) in [7, 11) is 0. The highest BCUT2D eigenvalue weighted by Gasteiger charge is 2.15. The van der Waals surface area contributed by atoms with Gasteiger partial charge in [-0.25, -0.2) is 0 Å². The van der Waals surface area contributed by atoms with Crippen molar-refractivity contribution in [3.63, 3.8) is 0 Å². The van der Waals surface area contributed by atoms with Crippen LogP contribution in [0.2, 0.25) is 5.02 Å². The molecule has 2 aromatic carbocycles. The standard InChI is InChI=1S/C13H10ClN3O3S/c14-9-7-8(13(15)16-18)5-6-11(9)21-12-4-2-1-3-10(12)17(19)20/h1-7,18H,(H2,15,16). The molecular weight excluding hydrogens is 314 g/mol. The third kappa shape index (κ3) is 3.45. The number of nitrogens with two attached hydrogens (primary N) is 1. The molecule has 0 amide bonds. The van der Waals surface area contributed by atoms with Gasteiger partial charge in [0.15, 0.2) is 5.84 Å². The topological polar surface area (TPSA) is 102 Å². The molecule has 0 heterocycles.